The Morgan fingerprint density at radius 1 is 0.886 bits per heavy atom. The number of aliphatic carboxylic acids is 2. The SMILES string of the molecule is C[N+]1=C(C=Cc2ccc(N(CCC(=O)O)CCC(=O)O)cc2)C(C)(C)c2c1ccc1ccccc21. The third-order valence-corrected chi connectivity index (χ3v) is 6.78. The summed E-state index contributed by atoms with van der Waals surface area (Å²) in [5.74, 6) is -1.81. The van der Waals surface area contributed by atoms with Crippen molar-refractivity contribution >= 4 is 45.9 Å². The van der Waals surface area contributed by atoms with Crippen LogP contribution in [0.2, 0.25) is 0 Å². The van der Waals surface area contributed by atoms with E-state index in [0.29, 0.717) is 0 Å². The second-order valence-corrected chi connectivity index (χ2v) is 9.45. The van der Waals surface area contributed by atoms with Crippen LogP contribution < -0.4 is 4.90 Å². The van der Waals surface area contributed by atoms with Crippen molar-refractivity contribution in [2.24, 2.45) is 0 Å². The van der Waals surface area contributed by atoms with Gasteiger partial charge in [0.2, 0.25) is 5.69 Å². The van der Waals surface area contributed by atoms with E-state index in [-0.39, 0.29) is 31.3 Å². The zero-order valence-electron chi connectivity index (χ0n) is 20.4. The number of hydrogen-bond acceptors (Lipinski definition) is 3. The molecule has 3 aromatic carbocycles. The molecule has 0 amide bonds. The fourth-order valence-electron chi connectivity index (χ4n) is 5.00. The Balaban J connectivity index is 1.57. The maximum atomic E-state index is 11.0. The number of nitrogens with zero attached hydrogens (tertiary/aromatic N) is 2. The number of rotatable bonds is 9. The van der Waals surface area contributed by atoms with Crippen LogP contribution in [0.5, 0.6) is 0 Å². The van der Waals surface area contributed by atoms with E-state index in [1.807, 2.05) is 24.3 Å². The predicted molar refractivity (Wildman–Crippen MR) is 140 cm³/mol. The molecule has 1 aliphatic rings. The van der Waals surface area contributed by atoms with Gasteiger partial charge in [-0.2, -0.15) is 4.58 Å². The average molecular weight is 472 g/mol. The third kappa shape index (κ3) is 4.97. The maximum absolute atomic E-state index is 11.0. The molecule has 0 bridgehead atoms. The highest BCUT2D eigenvalue weighted by molar-refractivity contribution is 6.09. The van der Waals surface area contributed by atoms with Crippen molar-refractivity contribution < 1.29 is 24.4 Å². The number of allylic oxidation sites excluding steroid dienone is 1. The number of fused-ring (bicyclic) bond motifs is 3. The molecule has 0 aromatic heterocycles. The summed E-state index contributed by atoms with van der Waals surface area (Å²) in [5, 5.41) is 20.6. The fraction of sp³-hybridized carbons (Fsp3) is 0.276. The molecule has 180 valence electrons. The third-order valence-electron chi connectivity index (χ3n) is 6.78. The number of carbonyl (C=O) groups is 2. The van der Waals surface area contributed by atoms with Crippen LogP contribution in [-0.2, 0) is 15.0 Å². The summed E-state index contributed by atoms with van der Waals surface area (Å²) in [6.07, 6.45) is 4.16. The van der Waals surface area contributed by atoms with Crippen LogP contribution in [0.3, 0.4) is 0 Å². The molecule has 0 saturated carbocycles. The summed E-state index contributed by atoms with van der Waals surface area (Å²) < 4.78 is 2.26. The molecule has 6 nitrogen and oxygen atoms in total. The van der Waals surface area contributed by atoms with E-state index >= 15 is 0 Å². The van der Waals surface area contributed by atoms with E-state index in [2.05, 4.69) is 74.0 Å². The molecule has 0 unspecified atom stereocenters. The lowest BCUT2D eigenvalue weighted by Gasteiger charge is -2.23. The Labute approximate surface area is 205 Å². The first kappa shape index (κ1) is 24.2. The zero-order chi connectivity index (χ0) is 25.2. The quantitative estimate of drug-likeness (QED) is 0.413. The van der Waals surface area contributed by atoms with Crippen molar-refractivity contribution in [3.63, 3.8) is 0 Å². The number of carboxylic acid groups (broad SMARTS) is 2. The van der Waals surface area contributed by atoms with Gasteiger partial charge < -0.3 is 15.1 Å². The van der Waals surface area contributed by atoms with E-state index in [0.717, 1.165) is 11.3 Å². The Hall–Kier alpha value is -3.93. The van der Waals surface area contributed by atoms with Crippen LogP contribution in [0.1, 0.15) is 37.8 Å². The minimum Gasteiger partial charge on any atom is -0.481 e. The summed E-state index contributed by atoms with van der Waals surface area (Å²) in [7, 11) is 2.11. The second-order valence-electron chi connectivity index (χ2n) is 9.45. The van der Waals surface area contributed by atoms with Crippen LogP contribution in [0.4, 0.5) is 11.4 Å². The van der Waals surface area contributed by atoms with Crippen LogP contribution in [0.25, 0.3) is 16.8 Å². The molecule has 0 spiro atoms. The van der Waals surface area contributed by atoms with Gasteiger partial charge in [-0.15, -0.1) is 0 Å². The smallest absolute Gasteiger partial charge is 0.305 e. The van der Waals surface area contributed by atoms with Gasteiger partial charge in [0, 0.05) is 36.5 Å². The van der Waals surface area contributed by atoms with Gasteiger partial charge in [-0.3, -0.25) is 9.59 Å². The molecular formula is C29H31N2O4+. The Morgan fingerprint density at radius 2 is 1.51 bits per heavy atom. The van der Waals surface area contributed by atoms with Crippen molar-refractivity contribution in [2.75, 3.05) is 25.0 Å². The molecule has 0 atom stereocenters. The topological polar surface area (TPSA) is 80.8 Å². The highest BCUT2D eigenvalue weighted by Crippen LogP contribution is 2.43. The molecule has 0 fully saturated rings. The van der Waals surface area contributed by atoms with Crippen LogP contribution in [0.15, 0.2) is 66.7 Å². The summed E-state index contributed by atoms with van der Waals surface area (Å²) >= 11 is 0. The maximum Gasteiger partial charge on any atom is 0.305 e. The Bertz CT molecular complexity index is 1320. The average Bonchev–Trinajstić information content (AvgIpc) is 3.03. The molecule has 2 N–H and O–H groups in total. The molecule has 0 radical (unpaired) electrons. The van der Waals surface area contributed by atoms with E-state index in [1.165, 1.54) is 27.7 Å². The van der Waals surface area contributed by atoms with E-state index in [4.69, 9.17) is 10.2 Å². The van der Waals surface area contributed by atoms with Gasteiger partial charge >= 0.3 is 11.9 Å². The highest BCUT2D eigenvalue weighted by atomic mass is 16.4. The minimum atomic E-state index is -0.904. The molecule has 0 saturated heterocycles. The van der Waals surface area contributed by atoms with Gasteiger partial charge in [0.25, 0.3) is 0 Å². The normalized spacial score (nSPS) is 14.5. The van der Waals surface area contributed by atoms with Crippen molar-refractivity contribution in [3.05, 3.63) is 77.9 Å². The Kier molecular flexibility index (Phi) is 6.74. The lowest BCUT2D eigenvalue weighted by Crippen LogP contribution is -2.28. The summed E-state index contributed by atoms with van der Waals surface area (Å²) in [5.41, 5.74) is 5.43. The van der Waals surface area contributed by atoms with Gasteiger partial charge in [0.1, 0.15) is 7.05 Å². The number of benzene rings is 3. The molecule has 35 heavy (non-hydrogen) atoms. The van der Waals surface area contributed by atoms with Crippen LogP contribution in [-0.4, -0.2) is 52.6 Å². The lowest BCUT2D eigenvalue weighted by atomic mass is 9.79. The van der Waals surface area contributed by atoms with Crippen molar-refractivity contribution in [1.29, 1.82) is 0 Å². The molecule has 1 heterocycles. The molecule has 1 aliphatic heterocycles. The standard InChI is InChI=1S/C29H30N2O4/c1-29(2)25(30(3)24-14-11-21-6-4-5-7-23(21)28(24)29)15-10-20-8-12-22(13-9-20)31(18-16-26(32)33)19-17-27(34)35/h4-15H,16-19H2,1-3H3,(H-,32,33,34,35)/p+1. The van der Waals surface area contributed by atoms with Gasteiger partial charge in [0.05, 0.1) is 18.3 Å². The van der Waals surface area contributed by atoms with Gasteiger partial charge in [-0.05, 0) is 54.5 Å². The number of anilines is 1. The molecule has 6 heteroatoms. The number of carboxylic acids is 2. The minimum absolute atomic E-state index is 0.0454. The molecule has 3 aromatic rings. The summed E-state index contributed by atoms with van der Waals surface area (Å²) in [6, 6.07) is 20.6. The molecular weight excluding hydrogens is 440 g/mol. The Morgan fingerprint density at radius 3 is 2.14 bits per heavy atom. The molecule has 0 aliphatic carbocycles. The first-order valence-electron chi connectivity index (χ1n) is 11.8. The monoisotopic (exact) mass is 471 g/mol. The van der Waals surface area contributed by atoms with Crippen LogP contribution in [0, 0.1) is 0 Å². The first-order chi connectivity index (χ1) is 16.7. The van der Waals surface area contributed by atoms with E-state index < -0.39 is 11.9 Å². The summed E-state index contributed by atoms with van der Waals surface area (Å²) in [4.78, 5) is 23.8. The van der Waals surface area contributed by atoms with Gasteiger partial charge in [-0.25, -0.2) is 0 Å². The predicted octanol–water partition coefficient (Wildman–Crippen LogP) is 5.32. The molecule has 4 rings (SSSR count). The van der Waals surface area contributed by atoms with Crippen molar-refractivity contribution in [3.8, 4) is 0 Å². The van der Waals surface area contributed by atoms with E-state index in [9.17, 15) is 9.59 Å². The lowest BCUT2D eigenvalue weighted by molar-refractivity contribution is -0.401. The van der Waals surface area contributed by atoms with Crippen LogP contribution >= 0.6 is 0 Å². The fourth-order valence-corrected chi connectivity index (χ4v) is 5.00. The zero-order valence-corrected chi connectivity index (χ0v) is 20.4. The summed E-state index contributed by atoms with van der Waals surface area (Å²) in [6.45, 7) is 5.04. The van der Waals surface area contributed by atoms with Crippen molar-refractivity contribution in [1.82, 2.24) is 0 Å². The van der Waals surface area contributed by atoms with E-state index in [1.54, 1.807) is 4.90 Å². The van der Waals surface area contributed by atoms with Gasteiger partial charge in [0.15, 0.2) is 5.71 Å². The first-order valence-corrected chi connectivity index (χ1v) is 11.8. The highest BCUT2D eigenvalue weighted by Gasteiger charge is 2.44. The number of hydrogen-bond donors (Lipinski definition) is 2. The second kappa shape index (κ2) is 9.74. The van der Waals surface area contributed by atoms with Crippen molar-refractivity contribution in [2.45, 2.75) is 32.1 Å². The van der Waals surface area contributed by atoms with Gasteiger partial charge in [-0.1, -0.05) is 36.4 Å². The largest absolute Gasteiger partial charge is 0.481 e.